The van der Waals surface area contributed by atoms with Gasteiger partial charge in [0, 0.05) is 11.5 Å². The van der Waals surface area contributed by atoms with E-state index in [1.165, 1.54) is 0 Å². The van der Waals surface area contributed by atoms with Gasteiger partial charge in [-0.05, 0) is 12.1 Å². The van der Waals surface area contributed by atoms with Crippen molar-refractivity contribution >= 4 is 16.9 Å². The van der Waals surface area contributed by atoms with Crippen molar-refractivity contribution in [3.63, 3.8) is 0 Å². The molecule has 2 rings (SSSR count). The van der Waals surface area contributed by atoms with Crippen molar-refractivity contribution in [2.24, 2.45) is 5.10 Å². The lowest BCUT2D eigenvalue weighted by molar-refractivity contribution is -0.120. The van der Waals surface area contributed by atoms with E-state index >= 15 is 0 Å². The second kappa shape index (κ2) is 4.94. The molecular formula is C12H9N3O2. The fraction of sp³-hybridized carbons (Fsp3) is 0.0833. The van der Waals surface area contributed by atoms with Crippen molar-refractivity contribution in [3.8, 4) is 6.07 Å². The van der Waals surface area contributed by atoms with Crippen LogP contribution >= 0.6 is 0 Å². The molecular weight excluding hydrogens is 218 g/mol. The van der Waals surface area contributed by atoms with Crippen LogP contribution in [0.1, 0.15) is 6.42 Å². The number of fused-ring (bicyclic) bond motifs is 1. The number of para-hydroxylation sites is 1. The average molecular weight is 227 g/mol. The summed E-state index contributed by atoms with van der Waals surface area (Å²) in [5.41, 5.74) is 3.21. The van der Waals surface area contributed by atoms with E-state index in [1.54, 1.807) is 12.1 Å². The Bertz CT molecular complexity index is 652. The van der Waals surface area contributed by atoms with Crippen LogP contribution in [0.4, 0.5) is 0 Å². The van der Waals surface area contributed by atoms with E-state index in [2.05, 4.69) is 10.5 Å². The van der Waals surface area contributed by atoms with Crippen LogP contribution in [0.2, 0.25) is 0 Å². The monoisotopic (exact) mass is 227 g/mol. The first kappa shape index (κ1) is 10.9. The summed E-state index contributed by atoms with van der Waals surface area (Å²) in [5, 5.41) is 13.0. The molecule has 0 fully saturated rings. The standard InChI is InChI=1S/C12H9N3O2/c13-8-7-11(16)14-15-12-6-5-9-3-1-2-4-10(9)17-12/h1-6H,7H2,(H,14,16)/b15-12-. The largest absolute Gasteiger partial charge is 0.437 e. The number of amides is 1. The number of nitrogens with one attached hydrogen (secondary N) is 1. The fourth-order valence-corrected chi connectivity index (χ4v) is 1.31. The topological polar surface area (TPSA) is 78.4 Å². The number of carbonyl (C=O) groups excluding carboxylic acids is 1. The third-order valence-corrected chi connectivity index (χ3v) is 2.07. The third kappa shape index (κ3) is 2.69. The molecule has 1 aromatic carbocycles. The Morgan fingerprint density at radius 1 is 1.35 bits per heavy atom. The minimum absolute atomic E-state index is 0.225. The van der Waals surface area contributed by atoms with Crippen LogP contribution in [-0.2, 0) is 4.79 Å². The summed E-state index contributed by atoms with van der Waals surface area (Å²) >= 11 is 0. The van der Waals surface area contributed by atoms with Gasteiger partial charge in [0.05, 0.1) is 6.07 Å². The molecule has 0 radical (unpaired) electrons. The molecule has 0 saturated heterocycles. The lowest BCUT2D eigenvalue weighted by Crippen LogP contribution is -2.20. The second-order valence-electron chi connectivity index (χ2n) is 3.29. The first-order valence-corrected chi connectivity index (χ1v) is 4.98. The van der Waals surface area contributed by atoms with Gasteiger partial charge in [0.2, 0.25) is 5.55 Å². The number of hydrogen-bond acceptors (Lipinski definition) is 4. The summed E-state index contributed by atoms with van der Waals surface area (Å²) in [6.07, 6.45) is -0.225. The molecule has 0 atom stereocenters. The first-order chi connectivity index (χ1) is 8.29. The second-order valence-corrected chi connectivity index (χ2v) is 3.29. The summed E-state index contributed by atoms with van der Waals surface area (Å²) in [6, 6.07) is 12.7. The maximum Gasteiger partial charge on any atom is 0.254 e. The normalized spacial score (nSPS) is 11.1. The van der Waals surface area contributed by atoms with Crippen molar-refractivity contribution in [2.45, 2.75) is 6.42 Å². The number of benzene rings is 1. The summed E-state index contributed by atoms with van der Waals surface area (Å²) in [4.78, 5) is 11.0. The lowest BCUT2D eigenvalue weighted by atomic mass is 10.2. The molecule has 17 heavy (non-hydrogen) atoms. The highest BCUT2D eigenvalue weighted by Crippen LogP contribution is 2.09. The van der Waals surface area contributed by atoms with E-state index in [9.17, 15) is 4.79 Å². The summed E-state index contributed by atoms with van der Waals surface area (Å²) in [6.45, 7) is 0. The van der Waals surface area contributed by atoms with Gasteiger partial charge in [-0.25, -0.2) is 5.43 Å². The highest BCUT2D eigenvalue weighted by Gasteiger charge is 1.97. The Hall–Kier alpha value is -2.61. The van der Waals surface area contributed by atoms with Gasteiger partial charge < -0.3 is 4.42 Å². The zero-order valence-electron chi connectivity index (χ0n) is 8.88. The van der Waals surface area contributed by atoms with E-state index < -0.39 is 5.91 Å². The predicted molar refractivity (Wildman–Crippen MR) is 60.1 cm³/mol. The van der Waals surface area contributed by atoms with E-state index in [1.807, 2.05) is 30.3 Å². The van der Waals surface area contributed by atoms with Gasteiger partial charge in [-0.1, -0.05) is 18.2 Å². The molecule has 0 bridgehead atoms. The number of rotatable bonds is 2. The number of hydrogen-bond donors (Lipinski definition) is 1. The molecule has 0 unspecified atom stereocenters. The smallest absolute Gasteiger partial charge is 0.254 e. The molecule has 0 aliphatic heterocycles. The molecule has 1 amide bonds. The first-order valence-electron chi connectivity index (χ1n) is 4.98. The molecule has 0 spiro atoms. The van der Waals surface area contributed by atoms with Crippen LogP contribution in [-0.4, -0.2) is 5.91 Å². The van der Waals surface area contributed by atoms with Gasteiger partial charge in [-0.3, -0.25) is 4.79 Å². The minimum atomic E-state index is -0.462. The Morgan fingerprint density at radius 2 is 2.18 bits per heavy atom. The zero-order valence-corrected chi connectivity index (χ0v) is 8.88. The fourth-order valence-electron chi connectivity index (χ4n) is 1.31. The molecule has 0 aliphatic carbocycles. The lowest BCUT2D eigenvalue weighted by Gasteiger charge is -1.96. The van der Waals surface area contributed by atoms with Crippen LogP contribution in [0.15, 0.2) is 45.9 Å². The van der Waals surface area contributed by atoms with Gasteiger partial charge in [-0.15, -0.1) is 5.10 Å². The molecule has 1 heterocycles. The Balaban J connectivity index is 2.28. The number of carbonyl (C=O) groups is 1. The molecule has 0 saturated carbocycles. The van der Waals surface area contributed by atoms with Crippen LogP contribution in [0, 0.1) is 11.3 Å². The minimum Gasteiger partial charge on any atom is -0.437 e. The maximum absolute atomic E-state index is 11.0. The van der Waals surface area contributed by atoms with Gasteiger partial charge in [0.1, 0.15) is 12.0 Å². The van der Waals surface area contributed by atoms with E-state index in [-0.39, 0.29) is 12.0 Å². The van der Waals surface area contributed by atoms with Crippen LogP contribution in [0.25, 0.3) is 11.0 Å². The van der Waals surface area contributed by atoms with E-state index in [0.29, 0.717) is 5.58 Å². The predicted octanol–water partition coefficient (Wildman–Crippen LogP) is 1.28. The third-order valence-electron chi connectivity index (χ3n) is 2.07. The van der Waals surface area contributed by atoms with Gasteiger partial charge in [-0.2, -0.15) is 5.26 Å². The van der Waals surface area contributed by atoms with Crippen molar-refractivity contribution in [3.05, 3.63) is 42.0 Å². The molecule has 84 valence electrons. The van der Waals surface area contributed by atoms with Crippen molar-refractivity contribution < 1.29 is 9.21 Å². The van der Waals surface area contributed by atoms with Crippen LogP contribution < -0.4 is 11.0 Å². The van der Waals surface area contributed by atoms with Crippen molar-refractivity contribution in [1.82, 2.24) is 5.43 Å². The van der Waals surface area contributed by atoms with Crippen molar-refractivity contribution in [1.29, 1.82) is 5.26 Å². The summed E-state index contributed by atoms with van der Waals surface area (Å²) in [7, 11) is 0. The maximum atomic E-state index is 11.0. The average Bonchev–Trinajstić information content (AvgIpc) is 2.36. The quantitative estimate of drug-likeness (QED) is 0.785. The SMILES string of the molecule is N#CCC(=O)N/N=c1/ccc2ccccc2o1. The summed E-state index contributed by atoms with van der Waals surface area (Å²) < 4.78 is 5.43. The molecule has 2 aromatic rings. The highest BCUT2D eigenvalue weighted by atomic mass is 16.3. The zero-order chi connectivity index (χ0) is 12.1. The molecule has 5 nitrogen and oxygen atoms in total. The Kier molecular flexibility index (Phi) is 3.17. The highest BCUT2D eigenvalue weighted by molar-refractivity contribution is 5.77. The Morgan fingerprint density at radius 3 is 3.00 bits per heavy atom. The molecule has 5 heteroatoms. The van der Waals surface area contributed by atoms with E-state index in [0.717, 1.165) is 5.39 Å². The number of nitriles is 1. The van der Waals surface area contributed by atoms with Gasteiger partial charge in [0.15, 0.2) is 0 Å². The molecule has 0 aliphatic rings. The molecule has 1 N–H and O–H groups in total. The van der Waals surface area contributed by atoms with Gasteiger partial charge >= 0.3 is 0 Å². The van der Waals surface area contributed by atoms with Crippen LogP contribution in [0.3, 0.4) is 0 Å². The Labute approximate surface area is 97.0 Å². The van der Waals surface area contributed by atoms with Crippen molar-refractivity contribution in [2.75, 3.05) is 0 Å². The van der Waals surface area contributed by atoms with Crippen LogP contribution in [0.5, 0.6) is 0 Å². The number of nitrogens with zero attached hydrogens (tertiary/aromatic N) is 2. The summed E-state index contributed by atoms with van der Waals surface area (Å²) in [5.74, 6) is -0.462. The van der Waals surface area contributed by atoms with E-state index in [4.69, 9.17) is 9.68 Å². The van der Waals surface area contributed by atoms with Gasteiger partial charge in [0.25, 0.3) is 5.91 Å². The molecule has 1 aromatic heterocycles.